The third-order valence-electron chi connectivity index (χ3n) is 3.07. The lowest BCUT2D eigenvalue weighted by molar-refractivity contribution is 0.480. The molecule has 0 aromatic heterocycles. The zero-order chi connectivity index (χ0) is 10.7. The molecule has 2 nitrogen and oxygen atoms in total. The van der Waals surface area contributed by atoms with Gasteiger partial charge in [-0.05, 0) is 25.3 Å². The molecule has 1 aliphatic rings. The molecular formula is C12H17NOS. The Hall–Kier alpha value is -0.510. The van der Waals surface area contributed by atoms with Gasteiger partial charge in [-0.2, -0.15) is 0 Å². The summed E-state index contributed by atoms with van der Waals surface area (Å²) in [7, 11) is 1.68. The quantitative estimate of drug-likeness (QED) is 0.471. The van der Waals surface area contributed by atoms with Crippen LogP contribution in [0.1, 0.15) is 24.0 Å². The van der Waals surface area contributed by atoms with Crippen molar-refractivity contribution in [2.75, 3.05) is 13.7 Å². The van der Waals surface area contributed by atoms with Crippen LogP contribution in [0, 0.1) is 6.92 Å². The van der Waals surface area contributed by atoms with Gasteiger partial charge in [-0.15, -0.1) is 0 Å². The van der Waals surface area contributed by atoms with Gasteiger partial charge < -0.3 is 4.18 Å². The van der Waals surface area contributed by atoms with Crippen molar-refractivity contribution < 1.29 is 4.18 Å². The molecule has 0 spiro atoms. The van der Waals surface area contributed by atoms with Crippen LogP contribution in [0.4, 0.5) is 0 Å². The average molecular weight is 223 g/mol. The highest BCUT2D eigenvalue weighted by atomic mass is 32.2. The minimum Gasteiger partial charge on any atom is -0.305 e. The first kappa shape index (κ1) is 11.0. The van der Waals surface area contributed by atoms with Crippen molar-refractivity contribution in [1.82, 2.24) is 4.72 Å². The van der Waals surface area contributed by atoms with Crippen LogP contribution >= 0.6 is 12.2 Å². The largest absolute Gasteiger partial charge is 0.305 e. The highest BCUT2D eigenvalue weighted by Crippen LogP contribution is 2.47. The lowest BCUT2D eigenvalue weighted by atomic mass is 9.95. The SMILES string of the molecule is COSNCC1(c2ccc(C)cc2)CC1. The molecule has 0 heterocycles. The maximum Gasteiger partial charge on any atom is 0.0786 e. The Bertz CT molecular complexity index is 319. The summed E-state index contributed by atoms with van der Waals surface area (Å²) in [6.07, 6.45) is 2.57. The molecule has 82 valence electrons. The van der Waals surface area contributed by atoms with Gasteiger partial charge in [-0.1, -0.05) is 29.8 Å². The van der Waals surface area contributed by atoms with Gasteiger partial charge in [-0.3, -0.25) is 0 Å². The number of benzene rings is 1. The topological polar surface area (TPSA) is 21.3 Å². The zero-order valence-corrected chi connectivity index (χ0v) is 10.1. The summed E-state index contributed by atoms with van der Waals surface area (Å²) in [5, 5.41) is 0. The van der Waals surface area contributed by atoms with E-state index in [1.54, 1.807) is 7.11 Å². The van der Waals surface area contributed by atoms with Crippen LogP contribution in [0.3, 0.4) is 0 Å². The Morgan fingerprint density at radius 2 is 2.00 bits per heavy atom. The molecule has 0 radical (unpaired) electrons. The van der Waals surface area contributed by atoms with E-state index in [1.807, 2.05) is 0 Å². The Morgan fingerprint density at radius 1 is 1.33 bits per heavy atom. The summed E-state index contributed by atoms with van der Waals surface area (Å²) in [4.78, 5) is 0. The van der Waals surface area contributed by atoms with Crippen LogP contribution in [-0.4, -0.2) is 13.7 Å². The summed E-state index contributed by atoms with van der Waals surface area (Å²) < 4.78 is 8.17. The van der Waals surface area contributed by atoms with Gasteiger partial charge in [-0.25, -0.2) is 4.72 Å². The maximum absolute atomic E-state index is 4.93. The van der Waals surface area contributed by atoms with Crippen molar-refractivity contribution in [2.24, 2.45) is 0 Å². The van der Waals surface area contributed by atoms with E-state index in [0.717, 1.165) is 6.54 Å². The van der Waals surface area contributed by atoms with Gasteiger partial charge in [0.05, 0.1) is 19.3 Å². The Kier molecular flexibility index (Phi) is 3.34. The second-order valence-corrected chi connectivity index (χ2v) is 5.01. The number of hydrogen-bond donors (Lipinski definition) is 1. The second-order valence-electron chi connectivity index (χ2n) is 4.22. The molecule has 1 aliphatic carbocycles. The molecule has 2 rings (SSSR count). The fourth-order valence-corrected chi connectivity index (χ4v) is 2.31. The van der Waals surface area contributed by atoms with Crippen LogP contribution in [-0.2, 0) is 9.60 Å². The van der Waals surface area contributed by atoms with Crippen LogP contribution in [0.15, 0.2) is 24.3 Å². The van der Waals surface area contributed by atoms with E-state index in [1.165, 1.54) is 36.2 Å². The maximum atomic E-state index is 4.93. The lowest BCUT2D eigenvalue weighted by Gasteiger charge is -2.15. The van der Waals surface area contributed by atoms with E-state index in [4.69, 9.17) is 4.18 Å². The van der Waals surface area contributed by atoms with Crippen molar-refractivity contribution in [3.8, 4) is 0 Å². The first-order valence-corrected chi connectivity index (χ1v) is 6.01. The minimum atomic E-state index is 0.374. The molecule has 0 aliphatic heterocycles. The van der Waals surface area contributed by atoms with E-state index in [9.17, 15) is 0 Å². The van der Waals surface area contributed by atoms with Gasteiger partial charge in [0.2, 0.25) is 0 Å². The van der Waals surface area contributed by atoms with Gasteiger partial charge in [0.1, 0.15) is 0 Å². The molecule has 15 heavy (non-hydrogen) atoms. The molecule has 0 amide bonds. The number of rotatable bonds is 5. The standard InChI is InChI=1S/C12H17NOS/c1-10-3-5-11(6-4-10)12(7-8-12)9-13-15-14-2/h3-6,13H,7-9H2,1-2H3. The summed E-state index contributed by atoms with van der Waals surface area (Å²) in [6.45, 7) is 3.12. The predicted molar refractivity (Wildman–Crippen MR) is 64.7 cm³/mol. The van der Waals surface area contributed by atoms with E-state index >= 15 is 0 Å². The molecule has 0 bridgehead atoms. The second kappa shape index (κ2) is 4.56. The van der Waals surface area contributed by atoms with Gasteiger partial charge in [0.15, 0.2) is 0 Å². The molecule has 1 aromatic rings. The normalized spacial score (nSPS) is 17.7. The lowest BCUT2D eigenvalue weighted by Crippen LogP contribution is -2.22. The summed E-state index contributed by atoms with van der Waals surface area (Å²) in [5.74, 6) is 0. The average Bonchev–Trinajstić information content (AvgIpc) is 3.00. The third kappa shape index (κ3) is 2.54. The monoisotopic (exact) mass is 223 g/mol. The third-order valence-corrected chi connectivity index (χ3v) is 3.50. The highest BCUT2D eigenvalue weighted by Gasteiger charge is 2.43. The first-order chi connectivity index (χ1) is 7.27. The van der Waals surface area contributed by atoms with Crippen molar-refractivity contribution in [2.45, 2.75) is 25.2 Å². The molecule has 0 saturated heterocycles. The van der Waals surface area contributed by atoms with E-state index in [0.29, 0.717) is 5.41 Å². The predicted octanol–water partition coefficient (Wildman–Crippen LogP) is 2.83. The molecule has 1 saturated carbocycles. The highest BCUT2D eigenvalue weighted by molar-refractivity contribution is 7.92. The Labute approximate surface area is 95.7 Å². The van der Waals surface area contributed by atoms with E-state index in [-0.39, 0.29) is 0 Å². The molecule has 1 aromatic carbocycles. The number of aryl methyl sites for hydroxylation is 1. The number of nitrogens with one attached hydrogen (secondary N) is 1. The Balaban J connectivity index is 1.99. The summed E-state index contributed by atoms with van der Waals surface area (Å²) in [5.41, 5.74) is 3.16. The number of hydrogen-bond acceptors (Lipinski definition) is 3. The van der Waals surface area contributed by atoms with Gasteiger partial charge in [0.25, 0.3) is 0 Å². The van der Waals surface area contributed by atoms with Crippen LogP contribution in [0.5, 0.6) is 0 Å². The summed E-state index contributed by atoms with van der Waals surface area (Å²) in [6, 6.07) is 8.89. The first-order valence-electron chi connectivity index (χ1n) is 5.26. The molecule has 0 unspecified atom stereocenters. The zero-order valence-electron chi connectivity index (χ0n) is 9.25. The molecule has 3 heteroatoms. The smallest absolute Gasteiger partial charge is 0.0786 e. The fourth-order valence-electron chi connectivity index (χ4n) is 1.85. The van der Waals surface area contributed by atoms with Gasteiger partial charge in [0, 0.05) is 12.0 Å². The van der Waals surface area contributed by atoms with Crippen molar-refractivity contribution in [3.05, 3.63) is 35.4 Å². The van der Waals surface area contributed by atoms with Crippen LogP contribution in [0.25, 0.3) is 0 Å². The molecule has 1 N–H and O–H groups in total. The van der Waals surface area contributed by atoms with Crippen LogP contribution in [0.2, 0.25) is 0 Å². The van der Waals surface area contributed by atoms with Crippen LogP contribution < -0.4 is 4.72 Å². The van der Waals surface area contributed by atoms with E-state index < -0.39 is 0 Å². The van der Waals surface area contributed by atoms with E-state index in [2.05, 4.69) is 35.9 Å². The summed E-state index contributed by atoms with van der Waals surface area (Å²) >= 11 is 1.32. The molecule has 0 atom stereocenters. The van der Waals surface area contributed by atoms with Crippen molar-refractivity contribution in [1.29, 1.82) is 0 Å². The minimum absolute atomic E-state index is 0.374. The molecular weight excluding hydrogens is 206 g/mol. The Morgan fingerprint density at radius 3 is 2.53 bits per heavy atom. The van der Waals surface area contributed by atoms with Crippen molar-refractivity contribution >= 4 is 12.2 Å². The molecule has 1 fully saturated rings. The van der Waals surface area contributed by atoms with Gasteiger partial charge >= 0.3 is 0 Å². The van der Waals surface area contributed by atoms with Crippen molar-refractivity contribution in [3.63, 3.8) is 0 Å². The fraction of sp³-hybridized carbons (Fsp3) is 0.500.